The second-order valence-electron chi connectivity index (χ2n) is 10.6. The van der Waals surface area contributed by atoms with Crippen LogP contribution < -0.4 is 19.3 Å². The number of hydrogen-bond donors (Lipinski definition) is 0. The summed E-state index contributed by atoms with van der Waals surface area (Å²) < 4.78 is 11.5. The van der Waals surface area contributed by atoms with Crippen molar-refractivity contribution in [2.75, 3.05) is 23.0 Å². The molecule has 38 heavy (non-hydrogen) atoms. The van der Waals surface area contributed by atoms with E-state index in [0.29, 0.717) is 36.1 Å². The van der Waals surface area contributed by atoms with E-state index in [4.69, 9.17) is 9.47 Å². The lowest BCUT2D eigenvalue weighted by molar-refractivity contribution is -0.146. The van der Waals surface area contributed by atoms with Gasteiger partial charge in [0.2, 0.25) is 23.6 Å². The Kier molecular flexibility index (Phi) is 5.49. The first-order valence-electron chi connectivity index (χ1n) is 13.1. The largest absolute Gasteiger partial charge is 0.492 e. The molecule has 0 N–H and O–H groups in total. The summed E-state index contributed by atoms with van der Waals surface area (Å²) in [4.78, 5) is 58.7. The molecule has 2 heterocycles. The molecule has 0 spiro atoms. The minimum absolute atomic E-state index is 0.345. The highest BCUT2D eigenvalue weighted by Gasteiger charge is 2.74. The average molecular weight is 515 g/mol. The topological polar surface area (TPSA) is 93.2 Å². The third kappa shape index (κ3) is 3.03. The Morgan fingerprint density at radius 1 is 0.684 bits per heavy atom. The van der Waals surface area contributed by atoms with Gasteiger partial charge in [0.05, 0.1) is 48.3 Å². The van der Waals surface area contributed by atoms with Crippen LogP contribution in [0.3, 0.4) is 0 Å². The number of para-hydroxylation sites is 4. The Labute approximate surface area is 221 Å². The van der Waals surface area contributed by atoms with Gasteiger partial charge in [0.1, 0.15) is 11.5 Å². The normalized spacial score (nSPS) is 31.5. The number of amides is 4. The van der Waals surface area contributed by atoms with Crippen LogP contribution in [0.4, 0.5) is 11.4 Å². The van der Waals surface area contributed by atoms with Gasteiger partial charge in [-0.25, -0.2) is 9.80 Å². The quantitative estimate of drug-likeness (QED) is 0.428. The number of carbonyl (C=O) groups is 4. The molecule has 8 heteroatoms. The number of rotatable bonds is 6. The van der Waals surface area contributed by atoms with Crippen LogP contribution in [0.1, 0.15) is 27.7 Å². The summed E-state index contributed by atoms with van der Waals surface area (Å²) in [6.07, 6.45) is 1.96. The number of hydrogen-bond acceptors (Lipinski definition) is 6. The lowest BCUT2D eigenvalue weighted by Crippen LogP contribution is -2.57. The highest BCUT2D eigenvalue weighted by Crippen LogP contribution is 2.66. The summed E-state index contributed by atoms with van der Waals surface area (Å²) in [6.45, 7) is 8.20. The Morgan fingerprint density at radius 2 is 1.11 bits per heavy atom. The first-order valence-corrected chi connectivity index (χ1v) is 13.1. The number of nitrogens with zero attached hydrogens (tertiary/aromatic N) is 2. The van der Waals surface area contributed by atoms with Gasteiger partial charge in [0, 0.05) is 11.3 Å². The summed E-state index contributed by atoms with van der Waals surface area (Å²) in [6, 6.07) is 14.0. The van der Waals surface area contributed by atoms with Gasteiger partial charge < -0.3 is 9.47 Å². The predicted octanol–water partition coefficient (Wildman–Crippen LogP) is 3.99. The Morgan fingerprint density at radius 3 is 1.53 bits per heavy atom. The van der Waals surface area contributed by atoms with Crippen LogP contribution in [-0.4, -0.2) is 36.8 Å². The molecule has 2 aromatic rings. The van der Waals surface area contributed by atoms with E-state index in [1.54, 1.807) is 48.5 Å². The van der Waals surface area contributed by atoms with Gasteiger partial charge in [-0.3, -0.25) is 19.2 Å². The summed E-state index contributed by atoms with van der Waals surface area (Å²) in [5.41, 5.74) is 0.666. The Balaban J connectivity index is 1.46. The Bertz CT molecular complexity index is 1320. The number of ether oxygens (including phenoxy) is 2. The van der Waals surface area contributed by atoms with E-state index in [1.165, 1.54) is 9.80 Å². The average Bonchev–Trinajstić information content (AvgIpc) is 3.31. The molecule has 4 amide bonds. The molecule has 1 saturated carbocycles. The summed E-state index contributed by atoms with van der Waals surface area (Å²) in [5.74, 6) is -4.01. The molecule has 196 valence electrons. The minimum atomic E-state index is -1.00. The minimum Gasteiger partial charge on any atom is -0.492 e. The fraction of sp³-hybridized carbons (Fsp3) is 0.400. The standard InChI is InChI=1S/C30H30N2O6/c1-5-37-19-13-9-7-11-17(19)31-26(33)22-21-16(3)15-30(4,24(22)28(31)35)25-23(21)27(34)32(29(25)36)18-12-8-10-14-20(18)38-6-2/h7-15,21-25H,5-6H2,1-4H3/t21?,22-,23+,24-,25-,30?/m0/s1. The van der Waals surface area contributed by atoms with Crippen molar-refractivity contribution < 1.29 is 28.7 Å². The van der Waals surface area contributed by atoms with Crippen molar-refractivity contribution in [1.82, 2.24) is 0 Å². The number of allylic oxidation sites excluding steroid dienone is 2. The molecule has 2 aromatic carbocycles. The number of imide groups is 2. The molecular formula is C30H30N2O6. The lowest BCUT2D eigenvalue weighted by atomic mass is 9.46. The van der Waals surface area contributed by atoms with Crippen molar-refractivity contribution in [3.8, 4) is 11.5 Å². The van der Waals surface area contributed by atoms with Gasteiger partial charge in [-0.1, -0.05) is 42.8 Å². The van der Waals surface area contributed by atoms with E-state index < -0.39 is 35.0 Å². The number of carbonyl (C=O) groups excluding carboxylic acids is 4. The first kappa shape index (κ1) is 24.4. The van der Waals surface area contributed by atoms with Crippen molar-refractivity contribution in [1.29, 1.82) is 0 Å². The van der Waals surface area contributed by atoms with E-state index in [-0.39, 0.29) is 23.6 Å². The number of anilines is 2. The Hall–Kier alpha value is -3.94. The molecule has 3 fully saturated rings. The van der Waals surface area contributed by atoms with E-state index in [2.05, 4.69) is 0 Å². The third-order valence-electron chi connectivity index (χ3n) is 8.69. The number of benzene rings is 2. The van der Waals surface area contributed by atoms with Crippen LogP contribution in [0, 0.1) is 35.0 Å². The molecule has 6 atom stereocenters. The van der Waals surface area contributed by atoms with E-state index in [9.17, 15) is 19.2 Å². The highest BCUT2D eigenvalue weighted by atomic mass is 16.5. The fourth-order valence-electron chi connectivity index (χ4n) is 7.48. The maximum atomic E-state index is 14.1. The molecule has 2 saturated heterocycles. The smallest absolute Gasteiger partial charge is 0.238 e. The molecule has 0 radical (unpaired) electrons. The highest BCUT2D eigenvalue weighted by molar-refractivity contribution is 6.27. The first-order chi connectivity index (χ1) is 18.3. The van der Waals surface area contributed by atoms with Crippen LogP contribution in [0.2, 0.25) is 0 Å². The van der Waals surface area contributed by atoms with Crippen molar-refractivity contribution in [2.24, 2.45) is 35.0 Å². The van der Waals surface area contributed by atoms with Crippen LogP contribution in [0.25, 0.3) is 0 Å². The zero-order chi connectivity index (χ0) is 26.9. The summed E-state index contributed by atoms with van der Waals surface area (Å²) in [5, 5.41) is 0. The molecule has 8 nitrogen and oxygen atoms in total. The van der Waals surface area contributed by atoms with E-state index in [0.717, 1.165) is 5.57 Å². The molecule has 2 unspecified atom stereocenters. The van der Waals surface area contributed by atoms with Gasteiger partial charge in [-0.05, 0) is 45.0 Å². The second kappa shape index (κ2) is 8.55. The molecular weight excluding hydrogens is 484 g/mol. The van der Waals surface area contributed by atoms with Gasteiger partial charge in [0.25, 0.3) is 0 Å². The van der Waals surface area contributed by atoms with Crippen LogP contribution in [0.5, 0.6) is 11.5 Å². The van der Waals surface area contributed by atoms with Gasteiger partial charge in [-0.15, -0.1) is 0 Å². The van der Waals surface area contributed by atoms with E-state index >= 15 is 0 Å². The van der Waals surface area contributed by atoms with Crippen molar-refractivity contribution >= 4 is 35.0 Å². The second-order valence-corrected chi connectivity index (χ2v) is 10.6. The molecule has 5 aliphatic rings. The maximum absolute atomic E-state index is 14.1. The monoisotopic (exact) mass is 514 g/mol. The van der Waals surface area contributed by atoms with Gasteiger partial charge >= 0.3 is 0 Å². The van der Waals surface area contributed by atoms with E-state index in [1.807, 2.05) is 33.8 Å². The molecule has 7 rings (SSSR count). The summed E-state index contributed by atoms with van der Waals surface area (Å²) >= 11 is 0. The SMILES string of the molecule is CCOc1ccccc1N1C(=O)[C@@H]2C3C(C)=CC(C)([C@@H]2C1=O)[C@@H]1C(=O)N(c2ccccc2OCC)C(=O)[C@@H]31. The fourth-order valence-corrected chi connectivity index (χ4v) is 7.48. The van der Waals surface area contributed by atoms with Crippen LogP contribution >= 0.6 is 0 Å². The zero-order valence-corrected chi connectivity index (χ0v) is 21.8. The van der Waals surface area contributed by atoms with Crippen LogP contribution in [-0.2, 0) is 19.2 Å². The summed E-state index contributed by atoms with van der Waals surface area (Å²) in [7, 11) is 0. The third-order valence-corrected chi connectivity index (χ3v) is 8.69. The van der Waals surface area contributed by atoms with Crippen LogP contribution in [0.15, 0.2) is 60.2 Å². The maximum Gasteiger partial charge on any atom is 0.238 e. The lowest BCUT2D eigenvalue weighted by Gasteiger charge is -2.53. The van der Waals surface area contributed by atoms with Crippen molar-refractivity contribution in [2.45, 2.75) is 27.7 Å². The molecule has 2 bridgehead atoms. The van der Waals surface area contributed by atoms with Crippen molar-refractivity contribution in [3.05, 3.63) is 60.2 Å². The molecule has 0 aromatic heterocycles. The zero-order valence-electron chi connectivity index (χ0n) is 21.8. The molecule has 2 aliphatic heterocycles. The predicted molar refractivity (Wildman–Crippen MR) is 140 cm³/mol. The van der Waals surface area contributed by atoms with Gasteiger partial charge in [-0.2, -0.15) is 0 Å². The van der Waals surface area contributed by atoms with Gasteiger partial charge in [0.15, 0.2) is 0 Å². The van der Waals surface area contributed by atoms with Crippen molar-refractivity contribution in [3.63, 3.8) is 0 Å². The molecule has 3 aliphatic carbocycles.